The molecule has 2 N–H and O–H groups in total. The molecule has 1 aromatic heterocycles. The van der Waals surface area contributed by atoms with E-state index in [0.29, 0.717) is 19.3 Å². The molecule has 0 aliphatic heterocycles. The molecule has 0 saturated heterocycles. The van der Waals surface area contributed by atoms with E-state index in [4.69, 9.17) is 5.11 Å². The molecule has 2 rings (SSSR count). The maximum atomic E-state index is 11.9. The number of hydrogen-bond acceptors (Lipinski definition) is 4. The van der Waals surface area contributed by atoms with Crippen molar-refractivity contribution in [2.75, 3.05) is 6.61 Å². The summed E-state index contributed by atoms with van der Waals surface area (Å²) in [5, 5.41) is 19.7. The van der Waals surface area contributed by atoms with Crippen LogP contribution in [0.4, 0.5) is 0 Å². The summed E-state index contributed by atoms with van der Waals surface area (Å²) in [6, 6.07) is 9.89. The fourth-order valence-electron chi connectivity index (χ4n) is 2.28. The van der Waals surface area contributed by atoms with Gasteiger partial charge in [-0.05, 0) is 31.9 Å². The number of benzene rings is 1. The van der Waals surface area contributed by atoms with E-state index in [1.807, 2.05) is 41.8 Å². The lowest BCUT2D eigenvalue weighted by molar-refractivity contribution is -0.121. The minimum absolute atomic E-state index is 0.00643. The highest BCUT2D eigenvalue weighted by atomic mass is 16.3. The number of hydrogen-bond donors (Lipinski definition) is 2. The minimum atomic E-state index is -0.00643. The van der Waals surface area contributed by atoms with Crippen LogP contribution in [0.3, 0.4) is 0 Å². The van der Waals surface area contributed by atoms with Crippen LogP contribution in [-0.2, 0) is 11.2 Å². The number of nitrogens with zero attached hydrogens (tertiary/aromatic N) is 3. The Hall–Kier alpha value is -2.21. The number of aliphatic hydroxyl groups is 1. The van der Waals surface area contributed by atoms with Crippen LogP contribution in [-0.4, -0.2) is 38.4 Å². The first kappa shape index (κ1) is 16.2. The molecule has 6 heteroatoms. The summed E-state index contributed by atoms with van der Waals surface area (Å²) in [5.74, 6) is 0.761. The van der Waals surface area contributed by atoms with Crippen molar-refractivity contribution in [1.29, 1.82) is 0 Å². The summed E-state index contributed by atoms with van der Waals surface area (Å²) in [6.07, 6.45) is 4.04. The van der Waals surface area contributed by atoms with Crippen LogP contribution in [0.1, 0.15) is 32.0 Å². The molecule has 0 radical (unpaired) electrons. The van der Waals surface area contributed by atoms with E-state index < -0.39 is 0 Å². The van der Waals surface area contributed by atoms with Crippen molar-refractivity contribution >= 4 is 5.91 Å². The molecule has 118 valence electrons. The molecule has 0 aliphatic rings. The largest absolute Gasteiger partial charge is 0.396 e. The van der Waals surface area contributed by atoms with Gasteiger partial charge in [0.15, 0.2) is 0 Å². The Balaban J connectivity index is 1.88. The molecule has 22 heavy (non-hydrogen) atoms. The van der Waals surface area contributed by atoms with Crippen molar-refractivity contribution in [3.63, 3.8) is 0 Å². The zero-order chi connectivity index (χ0) is 15.8. The molecule has 0 bridgehead atoms. The summed E-state index contributed by atoms with van der Waals surface area (Å²) in [7, 11) is 0. The number of nitrogens with one attached hydrogen (secondary N) is 1. The molecular formula is C16H22N4O2. The number of aryl methyl sites for hydroxylation is 1. The van der Waals surface area contributed by atoms with Crippen molar-refractivity contribution in [1.82, 2.24) is 20.1 Å². The van der Waals surface area contributed by atoms with E-state index in [-0.39, 0.29) is 18.6 Å². The average Bonchev–Trinajstić information content (AvgIpc) is 3.00. The van der Waals surface area contributed by atoms with Crippen molar-refractivity contribution in [3.05, 3.63) is 42.5 Å². The van der Waals surface area contributed by atoms with Gasteiger partial charge in [-0.25, -0.2) is 0 Å². The Morgan fingerprint density at radius 3 is 2.86 bits per heavy atom. The lowest BCUT2D eigenvalue weighted by Crippen LogP contribution is -2.32. The van der Waals surface area contributed by atoms with E-state index in [1.165, 1.54) is 0 Å². The van der Waals surface area contributed by atoms with Crippen LogP contribution >= 0.6 is 0 Å². The number of carbonyl (C=O) groups is 1. The highest BCUT2D eigenvalue weighted by Crippen LogP contribution is 2.10. The first-order valence-corrected chi connectivity index (χ1v) is 7.55. The van der Waals surface area contributed by atoms with Crippen molar-refractivity contribution < 1.29 is 9.90 Å². The SMILES string of the molecule is CC(CCCO)NC(=O)CCc1nncn1-c1ccccc1. The average molecular weight is 302 g/mol. The summed E-state index contributed by atoms with van der Waals surface area (Å²) in [6.45, 7) is 2.10. The molecule has 2 aromatic rings. The number of carbonyl (C=O) groups excluding carboxylic acids is 1. The van der Waals surface area contributed by atoms with Crippen molar-refractivity contribution in [3.8, 4) is 5.69 Å². The summed E-state index contributed by atoms with van der Waals surface area (Å²) >= 11 is 0. The molecule has 1 atom stereocenters. The Labute approximate surface area is 130 Å². The molecule has 6 nitrogen and oxygen atoms in total. The number of aliphatic hydroxyl groups excluding tert-OH is 1. The van der Waals surface area contributed by atoms with E-state index >= 15 is 0 Å². The second-order valence-corrected chi connectivity index (χ2v) is 5.29. The Morgan fingerprint density at radius 1 is 1.36 bits per heavy atom. The normalized spacial score (nSPS) is 12.1. The molecule has 0 aliphatic carbocycles. The second kappa shape index (κ2) is 8.29. The summed E-state index contributed by atoms with van der Waals surface area (Å²) < 4.78 is 1.89. The third-order valence-corrected chi connectivity index (χ3v) is 3.43. The predicted molar refractivity (Wildman–Crippen MR) is 83.6 cm³/mol. The Bertz CT molecular complexity index is 583. The van der Waals surface area contributed by atoms with Gasteiger partial charge in [0.2, 0.25) is 5.91 Å². The quantitative estimate of drug-likeness (QED) is 0.774. The van der Waals surface area contributed by atoms with Crippen LogP contribution < -0.4 is 5.32 Å². The van der Waals surface area contributed by atoms with Gasteiger partial charge < -0.3 is 10.4 Å². The molecule has 1 amide bonds. The van der Waals surface area contributed by atoms with Gasteiger partial charge in [0, 0.05) is 31.2 Å². The van der Waals surface area contributed by atoms with Gasteiger partial charge in [0.1, 0.15) is 12.2 Å². The van der Waals surface area contributed by atoms with Crippen LogP contribution in [0.25, 0.3) is 5.69 Å². The number of rotatable bonds is 8. The topological polar surface area (TPSA) is 80.0 Å². The van der Waals surface area contributed by atoms with Crippen LogP contribution in [0.2, 0.25) is 0 Å². The lowest BCUT2D eigenvalue weighted by Gasteiger charge is -2.13. The molecule has 1 unspecified atom stereocenters. The standard InChI is InChI=1S/C16H22N4O2/c1-13(6-5-11-21)18-16(22)10-9-15-19-17-12-20(15)14-7-3-2-4-8-14/h2-4,7-8,12-13,21H,5-6,9-11H2,1H3,(H,18,22). The van der Waals surface area contributed by atoms with Gasteiger partial charge >= 0.3 is 0 Å². The van der Waals surface area contributed by atoms with Gasteiger partial charge in [-0.1, -0.05) is 18.2 Å². The van der Waals surface area contributed by atoms with E-state index in [1.54, 1.807) is 6.33 Å². The van der Waals surface area contributed by atoms with Crippen LogP contribution in [0, 0.1) is 0 Å². The van der Waals surface area contributed by atoms with Gasteiger partial charge in [-0.15, -0.1) is 10.2 Å². The van der Waals surface area contributed by atoms with Crippen molar-refractivity contribution in [2.45, 2.75) is 38.6 Å². The van der Waals surface area contributed by atoms with Gasteiger partial charge in [-0.2, -0.15) is 0 Å². The van der Waals surface area contributed by atoms with Crippen LogP contribution in [0.5, 0.6) is 0 Å². The number of aromatic nitrogens is 3. The third-order valence-electron chi connectivity index (χ3n) is 3.43. The van der Waals surface area contributed by atoms with Crippen molar-refractivity contribution in [2.24, 2.45) is 0 Å². The van der Waals surface area contributed by atoms with Gasteiger partial charge in [0.05, 0.1) is 0 Å². The summed E-state index contributed by atoms with van der Waals surface area (Å²) in [4.78, 5) is 11.9. The fraction of sp³-hybridized carbons (Fsp3) is 0.438. The lowest BCUT2D eigenvalue weighted by atomic mass is 10.2. The predicted octanol–water partition coefficient (Wildman–Crippen LogP) is 1.48. The zero-order valence-corrected chi connectivity index (χ0v) is 12.8. The van der Waals surface area contributed by atoms with E-state index in [9.17, 15) is 4.79 Å². The smallest absolute Gasteiger partial charge is 0.220 e. The van der Waals surface area contributed by atoms with E-state index in [0.717, 1.165) is 17.9 Å². The minimum Gasteiger partial charge on any atom is -0.396 e. The number of para-hydroxylation sites is 1. The third kappa shape index (κ3) is 4.66. The number of amides is 1. The Morgan fingerprint density at radius 2 is 2.14 bits per heavy atom. The van der Waals surface area contributed by atoms with Gasteiger partial charge in [-0.3, -0.25) is 9.36 Å². The molecule has 1 heterocycles. The maximum Gasteiger partial charge on any atom is 0.220 e. The van der Waals surface area contributed by atoms with Crippen LogP contribution in [0.15, 0.2) is 36.7 Å². The van der Waals surface area contributed by atoms with E-state index in [2.05, 4.69) is 15.5 Å². The monoisotopic (exact) mass is 302 g/mol. The molecule has 1 aromatic carbocycles. The van der Waals surface area contributed by atoms with Gasteiger partial charge in [0.25, 0.3) is 0 Å². The first-order chi connectivity index (χ1) is 10.7. The highest BCUT2D eigenvalue weighted by molar-refractivity contribution is 5.76. The second-order valence-electron chi connectivity index (χ2n) is 5.29. The molecule has 0 fully saturated rings. The molecule has 0 saturated carbocycles. The first-order valence-electron chi connectivity index (χ1n) is 7.55. The Kier molecular flexibility index (Phi) is 6.09. The maximum absolute atomic E-state index is 11.9. The molecule has 0 spiro atoms. The fourth-order valence-corrected chi connectivity index (χ4v) is 2.28. The highest BCUT2D eigenvalue weighted by Gasteiger charge is 2.11. The zero-order valence-electron chi connectivity index (χ0n) is 12.8. The summed E-state index contributed by atoms with van der Waals surface area (Å²) in [5.41, 5.74) is 0.985. The molecular weight excluding hydrogens is 280 g/mol.